The van der Waals surface area contributed by atoms with Crippen molar-refractivity contribution in [1.29, 1.82) is 0 Å². The molecular weight excluding hydrogens is 263 g/mol. The molecule has 2 unspecified atom stereocenters. The van der Waals surface area contributed by atoms with Gasteiger partial charge in [-0.3, -0.25) is 0 Å². The van der Waals surface area contributed by atoms with Crippen LogP contribution in [0.4, 0.5) is 0 Å². The summed E-state index contributed by atoms with van der Waals surface area (Å²) in [4.78, 5) is 0. The minimum absolute atomic E-state index is 0.112. The summed E-state index contributed by atoms with van der Waals surface area (Å²) in [6.07, 6.45) is 3.09. The number of hydrogen-bond acceptors (Lipinski definition) is 4. The summed E-state index contributed by atoms with van der Waals surface area (Å²) in [5.74, 6) is 0. The lowest BCUT2D eigenvalue weighted by Gasteiger charge is -2.32. The van der Waals surface area contributed by atoms with E-state index in [0.29, 0.717) is 33.0 Å². The molecule has 0 N–H and O–H groups in total. The molecule has 0 amide bonds. The Kier molecular flexibility index (Phi) is 12.2. The molecule has 4 nitrogen and oxygen atoms in total. The van der Waals surface area contributed by atoms with Crippen molar-refractivity contribution < 1.29 is 18.9 Å². The number of ether oxygens (including phenoxy) is 4. The van der Waals surface area contributed by atoms with Crippen LogP contribution in [0.2, 0.25) is 0 Å². The monoisotopic (exact) mass is 294 g/mol. The molecule has 0 rings (SSSR count). The van der Waals surface area contributed by atoms with Crippen molar-refractivity contribution in [1.82, 2.24) is 0 Å². The molecule has 0 fully saturated rings. The van der Waals surface area contributed by atoms with E-state index in [4.69, 9.17) is 18.9 Å². The third kappa shape index (κ3) is 9.75. The van der Waals surface area contributed by atoms with E-state index in [0.717, 1.165) is 19.3 Å². The first kappa shape index (κ1) is 19.3. The Hall–Kier alpha value is 0.270. The summed E-state index contributed by atoms with van der Waals surface area (Å²) >= 11 is 0. The highest BCUT2D eigenvalue weighted by Crippen LogP contribution is 2.30. The Morgan fingerprint density at radius 1 is 0.947 bits per heavy atom. The van der Waals surface area contributed by atoms with Gasteiger partial charge in [0.25, 0.3) is 0 Å². The van der Waals surface area contributed by atoms with E-state index in [1.54, 1.807) is 7.11 Å². The first-order valence-corrected chi connectivity index (χ1v) is 7.80. The zero-order valence-corrected chi connectivity index (χ0v) is 14.1. The molecular formula is C14H31O4P. The van der Waals surface area contributed by atoms with Gasteiger partial charge in [0, 0.05) is 7.11 Å². The minimum Gasteiger partial charge on any atom is -0.382 e. The van der Waals surface area contributed by atoms with Crippen molar-refractivity contribution in [3.63, 3.8) is 0 Å². The Bertz CT molecular complexity index is 198. The Morgan fingerprint density at radius 3 is 2.05 bits per heavy atom. The van der Waals surface area contributed by atoms with Gasteiger partial charge < -0.3 is 18.9 Å². The average Bonchev–Trinajstić information content (AvgIpc) is 2.44. The van der Waals surface area contributed by atoms with Crippen molar-refractivity contribution in [3.05, 3.63) is 0 Å². The summed E-state index contributed by atoms with van der Waals surface area (Å²) in [5.41, 5.74) is 0. The molecule has 0 heterocycles. The highest BCUT2D eigenvalue weighted by atomic mass is 31.0. The van der Waals surface area contributed by atoms with E-state index in [1.807, 2.05) is 0 Å². The smallest absolute Gasteiger partial charge is 0.0818 e. The molecule has 0 aliphatic carbocycles. The van der Waals surface area contributed by atoms with Gasteiger partial charge in [0.05, 0.1) is 44.5 Å². The maximum Gasteiger partial charge on any atom is 0.0818 e. The molecule has 0 aliphatic rings. The highest BCUT2D eigenvalue weighted by molar-refractivity contribution is 7.18. The normalized spacial score (nSPS) is 13.7. The van der Waals surface area contributed by atoms with Crippen molar-refractivity contribution in [2.24, 2.45) is 0 Å². The Labute approximate surface area is 120 Å². The van der Waals surface area contributed by atoms with Gasteiger partial charge in [-0.15, -0.1) is 9.24 Å². The molecule has 19 heavy (non-hydrogen) atoms. The Morgan fingerprint density at radius 2 is 1.53 bits per heavy atom. The summed E-state index contributed by atoms with van der Waals surface area (Å²) in [6.45, 7) is 9.50. The molecule has 0 saturated heterocycles. The van der Waals surface area contributed by atoms with Gasteiger partial charge in [-0.1, -0.05) is 20.8 Å². The first-order chi connectivity index (χ1) is 9.11. The van der Waals surface area contributed by atoms with E-state index in [-0.39, 0.29) is 11.4 Å². The second-order valence-corrected chi connectivity index (χ2v) is 5.65. The maximum atomic E-state index is 6.11. The van der Waals surface area contributed by atoms with Crippen LogP contribution in [0.5, 0.6) is 0 Å². The molecule has 0 aromatic rings. The zero-order chi connectivity index (χ0) is 14.6. The molecule has 0 radical (unpaired) electrons. The van der Waals surface area contributed by atoms with E-state index in [9.17, 15) is 0 Å². The molecule has 0 aromatic carbocycles. The first-order valence-electron chi connectivity index (χ1n) is 7.23. The average molecular weight is 294 g/mol. The molecule has 0 aliphatic heterocycles. The second-order valence-electron chi connectivity index (χ2n) is 4.60. The summed E-state index contributed by atoms with van der Waals surface area (Å²) in [6, 6.07) is 0. The van der Waals surface area contributed by atoms with Crippen LogP contribution in [-0.4, -0.2) is 51.6 Å². The van der Waals surface area contributed by atoms with Gasteiger partial charge in [0.1, 0.15) is 0 Å². The lowest BCUT2D eigenvalue weighted by atomic mass is 10.2. The van der Waals surface area contributed by atoms with Crippen LogP contribution in [0.1, 0.15) is 40.0 Å². The van der Waals surface area contributed by atoms with Crippen LogP contribution < -0.4 is 0 Å². The summed E-state index contributed by atoms with van der Waals surface area (Å²) in [5, 5.41) is -0.112. The molecule has 0 bridgehead atoms. The van der Waals surface area contributed by atoms with E-state index in [1.165, 1.54) is 0 Å². The minimum atomic E-state index is -0.112. The fourth-order valence-electron chi connectivity index (χ4n) is 1.56. The highest BCUT2D eigenvalue weighted by Gasteiger charge is 2.24. The van der Waals surface area contributed by atoms with Crippen LogP contribution in [0.15, 0.2) is 0 Å². The molecule has 2 atom stereocenters. The fourth-order valence-corrected chi connectivity index (χ4v) is 1.75. The number of hydrogen-bond donors (Lipinski definition) is 0. The molecule has 0 spiro atoms. The largest absolute Gasteiger partial charge is 0.382 e. The topological polar surface area (TPSA) is 36.9 Å². The van der Waals surface area contributed by atoms with Crippen molar-refractivity contribution in [2.45, 2.75) is 51.5 Å². The predicted octanol–water partition coefficient (Wildman–Crippen LogP) is 2.85. The quantitative estimate of drug-likeness (QED) is 0.387. The van der Waals surface area contributed by atoms with Crippen LogP contribution in [0, 0.1) is 0 Å². The van der Waals surface area contributed by atoms with Crippen LogP contribution in [-0.2, 0) is 18.9 Å². The van der Waals surface area contributed by atoms with Crippen LogP contribution >= 0.6 is 9.24 Å². The van der Waals surface area contributed by atoms with E-state index < -0.39 is 0 Å². The van der Waals surface area contributed by atoms with E-state index in [2.05, 4.69) is 30.0 Å². The zero-order valence-electron chi connectivity index (χ0n) is 12.9. The van der Waals surface area contributed by atoms with Gasteiger partial charge >= 0.3 is 0 Å². The lowest BCUT2D eigenvalue weighted by molar-refractivity contribution is -0.0841. The fraction of sp³-hybridized carbons (Fsp3) is 1.00. The number of rotatable bonds is 13. The molecule has 0 aromatic heterocycles. The lowest BCUT2D eigenvalue weighted by Crippen LogP contribution is -2.32. The van der Waals surface area contributed by atoms with Crippen molar-refractivity contribution in [3.8, 4) is 0 Å². The van der Waals surface area contributed by atoms with Gasteiger partial charge in [0.2, 0.25) is 0 Å². The summed E-state index contributed by atoms with van der Waals surface area (Å²) in [7, 11) is 4.50. The third-order valence-electron chi connectivity index (χ3n) is 3.16. The predicted molar refractivity (Wildman–Crippen MR) is 81.7 cm³/mol. The summed E-state index contributed by atoms with van der Waals surface area (Å²) < 4.78 is 21.9. The molecule has 5 heteroatoms. The number of methoxy groups -OCH3 is 1. The van der Waals surface area contributed by atoms with Gasteiger partial charge in [-0.25, -0.2) is 0 Å². The standard InChI is InChI=1S/C14H31O4P/c1-5-13(18-14(19,6-2)7-3)12-17-11-10-16-9-8-15-4/h13H,5-12,19H2,1-4H3. The van der Waals surface area contributed by atoms with Gasteiger partial charge in [0.15, 0.2) is 0 Å². The third-order valence-corrected chi connectivity index (χ3v) is 4.11. The van der Waals surface area contributed by atoms with Gasteiger partial charge in [-0.2, -0.15) is 0 Å². The van der Waals surface area contributed by atoms with E-state index >= 15 is 0 Å². The van der Waals surface area contributed by atoms with Gasteiger partial charge in [-0.05, 0) is 19.3 Å². The van der Waals surface area contributed by atoms with Crippen LogP contribution in [0.3, 0.4) is 0 Å². The molecule has 0 saturated carbocycles. The van der Waals surface area contributed by atoms with Crippen LogP contribution in [0.25, 0.3) is 0 Å². The maximum absolute atomic E-state index is 6.11. The van der Waals surface area contributed by atoms with Crippen molar-refractivity contribution in [2.75, 3.05) is 40.1 Å². The second kappa shape index (κ2) is 12.0. The molecule has 116 valence electrons. The van der Waals surface area contributed by atoms with Crippen molar-refractivity contribution >= 4 is 9.24 Å². The Balaban J connectivity index is 3.70. The SMILES string of the molecule is CCC(COCCOCCOC)OC(P)(CC)CC.